The quantitative estimate of drug-likeness (QED) is 0.559. The number of hydrogen-bond acceptors (Lipinski definition) is 5. The zero-order valence-electron chi connectivity index (χ0n) is 12.5. The van der Waals surface area contributed by atoms with E-state index in [1.54, 1.807) is 19.4 Å². The van der Waals surface area contributed by atoms with Gasteiger partial charge in [0.15, 0.2) is 0 Å². The number of anilines is 3. The highest BCUT2D eigenvalue weighted by Gasteiger charge is 2.10. The first-order valence-electron chi connectivity index (χ1n) is 7.01. The lowest BCUT2D eigenvalue weighted by molar-refractivity contribution is 0.415. The third kappa shape index (κ3) is 3.70. The molecule has 0 atom stereocenters. The number of methoxy groups -OCH3 is 1. The maximum absolute atomic E-state index is 5.86. The minimum Gasteiger partial charge on any atom is -0.497 e. The minimum absolute atomic E-state index is 0.192. The lowest BCUT2D eigenvalue weighted by Gasteiger charge is -2.26. The molecule has 2 aromatic carbocycles. The van der Waals surface area contributed by atoms with Gasteiger partial charge in [-0.25, -0.2) is 4.98 Å². The Bertz CT molecular complexity index is 765. The van der Waals surface area contributed by atoms with Crippen molar-refractivity contribution in [1.82, 2.24) is 9.97 Å². The van der Waals surface area contributed by atoms with Gasteiger partial charge < -0.3 is 4.74 Å². The van der Waals surface area contributed by atoms with Gasteiger partial charge in [-0.15, -0.1) is 0 Å². The van der Waals surface area contributed by atoms with Crippen LogP contribution in [-0.2, 0) is 0 Å². The van der Waals surface area contributed by atoms with Crippen LogP contribution in [0.5, 0.6) is 5.75 Å². The second-order valence-corrected chi connectivity index (χ2v) is 5.03. The first-order chi connectivity index (χ1) is 11.3. The van der Waals surface area contributed by atoms with Crippen molar-refractivity contribution in [2.75, 3.05) is 17.5 Å². The van der Waals surface area contributed by atoms with Gasteiger partial charge in [-0.1, -0.05) is 18.2 Å². The van der Waals surface area contributed by atoms with Gasteiger partial charge in [0.1, 0.15) is 11.6 Å². The highest BCUT2D eigenvalue weighted by atomic mass is 35.5. The fourth-order valence-electron chi connectivity index (χ4n) is 2.10. The summed E-state index contributed by atoms with van der Waals surface area (Å²) in [6, 6.07) is 19.4. The zero-order chi connectivity index (χ0) is 16.1. The number of halogens is 1. The second kappa shape index (κ2) is 6.98. The van der Waals surface area contributed by atoms with Gasteiger partial charge in [0.25, 0.3) is 0 Å². The van der Waals surface area contributed by atoms with Gasteiger partial charge in [0.2, 0.25) is 5.28 Å². The maximum Gasteiger partial charge on any atom is 0.224 e. The molecule has 5 nitrogen and oxygen atoms in total. The molecule has 116 valence electrons. The Kier molecular flexibility index (Phi) is 4.59. The number of benzene rings is 2. The Morgan fingerprint density at radius 3 is 2.30 bits per heavy atom. The fraction of sp³-hybridized carbons (Fsp3) is 0.0588. The lowest BCUT2D eigenvalue weighted by Crippen LogP contribution is -2.25. The minimum atomic E-state index is 0.192. The van der Waals surface area contributed by atoms with E-state index in [9.17, 15) is 0 Å². The van der Waals surface area contributed by atoms with Crippen molar-refractivity contribution in [2.24, 2.45) is 0 Å². The predicted octanol–water partition coefficient (Wildman–Crippen LogP) is 4.30. The molecule has 1 N–H and O–H groups in total. The van der Waals surface area contributed by atoms with Crippen LogP contribution in [0.4, 0.5) is 17.2 Å². The molecule has 0 aliphatic carbocycles. The van der Waals surface area contributed by atoms with E-state index in [-0.39, 0.29) is 5.28 Å². The molecule has 3 rings (SSSR count). The summed E-state index contributed by atoms with van der Waals surface area (Å²) in [6.45, 7) is 0. The molecule has 23 heavy (non-hydrogen) atoms. The molecule has 1 aromatic heterocycles. The third-order valence-corrected chi connectivity index (χ3v) is 3.38. The van der Waals surface area contributed by atoms with Crippen molar-refractivity contribution < 1.29 is 4.74 Å². The van der Waals surface area contributed by atoms with Gasteiger partial charge >= 0.3 is 0 Å². The predicted molar refractivity (Wildman–Crippen MR) is 92.2 cm³/mol. The molecule has 0 unspecified atom stereocenters. The molecular formula is C17H15ClN4O. The molecule has 0 saturated carbocycles. The van der Waals surface area contributed by atoms with Crippen LogP contribution in [-0.4, -0.2) is 17.1 Å². The Labute approximate surface area is 139 Å². The van der Waals surface area contributed by atoms with Gasteiger partial charge in [-0.05, 0) is 48.0 Å². The number of para-hydroxylation sites is 1. The van der Waals surface area contributed by atoms with E-state index < -0.39 is 0 Å². The van der Waals surface area contributed by atoms with Gasteiger partial charge in [-0.3, -0.25) is 10.4 Å². The van der Waals surface area contributed by atoms with E-state index in [0.29, 0.717) is 5.82 Å². The number of ether oxygens (including phenoxy) is 1. The van der Waals surface area contributed by atoms with Crippen molar-refractivity contribution >= 4 is 28.8 Å². The smallest absolute Gasteiger partial charge is 0.224 e. The Morgan fingerprint density at radius 1 is 0.957 bits per heavy atom. The monoisotopic (exact) mass is 326 g/mol. The van der Waals surface area contributed by atoms with Crippen LogP contribution >= 0.6 is 11.6 Å². The van der Waals surface area contributed by atoms with Crippen molar-refractivity contribution in [3.63, 3.8) is 0 Å². The van der Waals surface area contributed by atoms with Crippen LogP contribution in [0.2, 0.25) is 5.28 Å². The molecule has 0 fully saturated rings. The molecule has 3 aromatic rings. The molecule has 0 saturated heterocycles. The van der Waals surface area contributed by atoms with Crippen LogP contribution in [0, 0.1) is 0 Å². The van der Waals surface area contributed by atoms with Crippen molar-refractivity contribution in [3.8, 4) is 5.75 Å². The number of rotatable bonds is 5. The molecule has 0 aliphatic heterocycles. The number of nitrogens with zero attached hydrogens (tertiary/aromatic N) is 3. The largest absolute Gasteiger partial charge is 0.497 e. The molecule has 0 aliphatic rings. The first-order valence-corrected chi connectivity index (χ1v) is 7.38. The van der Waals surface area contributed by atoms with E-state index >= 15 is 0 Å². The SMILES string of the molecule is COc1ccc(N(Nc2ccnc(Cl)n2)c2ccccc2)cc1. The summed E-state index contributed by atoms with van der Waals surface area (Å²) in [4.78, 5) is 8.07. The molecule has 0 amide bonds. The number of hydrogen-bond donors (Lipinski definition) is 1. The van der Waals surface area contributed by atoms with E-state index in [1.807, 2.05) is 59.6 Å². The van der Waals surface area contributed by atoms with Gasteiger partial charge in [0.05, 0.1) is 18.5 Å². The summed E-state index contributed by atoms with van der Waals surface area (Å²) in [7, 11) is 1.64. The van der Waals surface area contributed by atoms with E-state index in [1.165, 1.54) is 0 Å². The van der Waals surface area contributed by atoms with Crippen molar-refractivity contribution in [1.29, 1.82) is 0 Å². The topological polar surface area (TPSA) is 50.3 Å². The van der Waals surface area contributed by atoms with Crippen LogP contribution in [0.15, 0.2) is 66.9 Å². The first kappa shape index (κ1) is 15.1. The molecule has 0 spiro atoms. The molecule has 0 bridgehead atoms. The van der Waals surface area contributed by atoms with Crippen molar-refractivity contribution in [3.05, 3.63) is 72.1 Å². The summed E-state index contributed by atoms with van der Waals surface area (Å²) in [5.74, 6) is 1.40. The number of aromatic nitrogens is 2. The zero-order valence-corrected chi connectivity index (χ0v) is 13.2. The second-order valence-electron chi connectivity index (χ2n) is 4.69. The van der Waals surface area contributed by atoms with E-state index in [4.69, 9.17) is 16.3 Å². The van der Waals surface area contributed by atoms with Crippen molar-refractivity contribution in [2.45, 2.75) is 0 Å². The Morgan fingerprint density at radius 2 is 1.65 bits per heavy atom. The third-order valence-electron chi connectivity index (χ3n) is 3.20. The van der Waals surface area contributed by atoms with Crippen LogP contribution in [0.1, 0.15) is 0 Å². The summed E-state index contributed by atoms with van der Waals surface area (Å²) in [5, 5.41) is 2.11. The molecular weight excluding hydrogens is 312 g/mol. The Hall–Kier alpha value is -2.79. The van der Waals surface area contributed by atoms with E-state index in [2.05, 4.69) is 15.4 Å². The normalized spacial score (nSPS) is 10.2. The number of nitrogens with one attached hydrogen (secondary N) is 1. The summed E-state index contributed by atoms with van der Waals surface area (Å²) < 4.78 is 5.21. The van der Waals surface area contributed by atoms with Crippen LogP contribution in [0.3, 0.4) is 0 Å². The highest BCUT2D eigenvalue weighted by Crippen LogP contribution is 2.27. The molecule has 6 heteroatoms. The molecule has 1 heterocycles. The fourth-order valence-corrected chi connectivity index (χ4v) is 2.25. The number of hydrazine groups is 1. The average molecular weight is 327 g/mol. The Balaban J connectivity index is 1.96. The lowest BCUT2D eigenvalue weighted by atomic mass is 10.2. The summed E-state index contributed by atoms with van der Waals surface area (Å²) in [5.41, 5.74) is 5.15. The average Bonchev–Trinajstić information content (AvgIpc) is 2.61. The van der Waals surface area contributed by atoms with Crippen LogP contribution in [0.25, 0.3) is 0 Å². The highest BCUT2D eigenvalue weighted by molar-refractivity contribution is 6.28. The standard InChI is InChI=1S/C17H15ClN4O/c1-23-15-9-7-14(8-10-15)22(13-5-3-2-4-6-13)21-16-11-12-19-17(18)20-16/h2-12H,1H3,(H,19,20,21). The van der Waals surface area contributed by atoms with Crippen LogP contribution < -0.4 is 15.2 Å². The maximum atomic E-state index is 5.86. The summed E-state index contributed by atoms with van der Waals surface area (Å²) >= 11 is 5.86. The summed E-state index contributed by atoms with van der Waals surface area (Å²) in [6.07, 6.45) is 1.61. The van der Waals surface area contributed by atoms with E-state index in [0.717, 1.165) is 17.1 Å². The molecule has 0 radical (unpaired) electrons. The van der Waals surface area contributed by atoms with Gasteiger partial charge in [-0.2, -0.15) is 4.98 Å². The van der Waals surface area contributed by atoms with Gasteiger partial charge in [0, 0.05) is 12.3 Å².